The van der Waals surface area contributed by atoms with Crippen LogP contribution >= 0.6 is 0 Å². The van der Waals surface area contributed by atoms with Crippen molar-refractivity contribution in [3.8, 4) is 0 Å². The average Bonchev–Trinajstić information content (AvgIpc) is 2.62. The first kappa shape index (κ1) is 17.2. The fourth-order valence-electron chi connectivity index (χ4n) is 2.68. The van der Waals surface area contributed by atoms with Crippen LogP contribution in [-0.4, -0.2) is 53.1 Å². The Balaban J connectivity index is 1.63. The lowest BCUT2D eigenvalue weighted by atomic mass is 10.1. The van der Waals surface area contributed by atoms with Gasteiger partial charge in [0, 0.05) is 45.2 Å². The zero-order valence-electron chi connectivity index (χ0n) is 13.3. The fraction of sp³-hybridized carbons (Fsp3) is 0.562. The van der Waals surface area contributed by atoms with Crippen LogP contribution in [-0.2, 0) is 9.59 Å². The van der Waals surface area contributed by atoms with Gasteiger partial charge in [-0.05, 0) is 25.0 Å². The maximum atomic E-state index is 12.2. The molecule has 2 rings (SSSR count). The van der Waals surface area contributed by atoms with Crippen LogP contribution in [0.25, 0.3) is 0 Å². The standard InChI is InChI=1S/C16H24N4O3/c21-15(18-23)7-2-1-3-8-16(22)20-12-10-19(11-13-20)14-6-4-5-9-17-14/h4-6,9,23H,1-3,7-8,10-13H2,(H,18,21). The van der Waals surface area contributed by atoms with Crippen LogP contribution in [0.15, 0.2) is 24.4 Å². The molecule has 0 spiro atoms. The molecular formula is C16H24N4O3. The molecule has 7 heteroatoms. The van der Waals surface area contributed by atoms with Gasteiger partial charge < -0.3 is 9.80 Å². The molecule has 1 aliphatic heterocycles. The maximum Gasteiger partial charge on any atom is 0.243 e. The highest BCUT2D eigenvalue weighted by molar-refractivity contribution is 5.76. The van der Waals surface area contributed by atoms with E-state index in [2.05, 4.69) is 9.88 Å². The second kappa shape index (κ2) is 9.09. The summed E-state index contributed by atoms with van der Waals surface area (Å²) in [6.07, 6.45) is 4.87. The minimum atomic E-state index is -0.373. The van der Waals surface area contributed by atoms with Gasteiger partial charge in [-0.15, -0.1) is 0 Å². The second-order valence-electron chi connectivity index (χ2n) is 5.65. The van der Waals surface area contributed by atoms with E-state index in [1.807, 2.05) is 23.1 Å². The number of pyridine rings is 1. The Bertz CT molecular complexity index is 501. The number of hydrogen-bond donors (Lipinski definition) is 2. The Morgan fingerprint density at radius 1 is 1.09 bits per heavy atom. The zero-order valence-corrected chi connectivity index (χ0v) is 13.3. The molecule has 0 unspecified atom stereocenters. The van der Waals surface area contributed by atoms with Crippen LogP contribution in [0, 0.1) is 0 Å². The Kier molecular flexibility index (Phi) is 6.80. The number of anilines is 1. The van der Waals surface area contributed by atoms with E-state index in [1.54, 1.807) is 11.7 Å². The van der Waals surface area contributed by atoms with Gasteiger partial charge in [0.05, 0.1) is 0 Å². The molecule has 2 heterocycles. The molecule has 7 nitrogen and oxygen atoms in total. The van der Waals surface area contributed by atoms with Crippen LogP contribution in [0.4, 0.5) is 5.82 Å². The van der Waals surface area contributed by atoms with Gasteiger partial charge in [-0.3, -0.25) is 14.8 Å². The molecule has 1 aromatic rings. The molecule has 126 valence electrons. The Hall–Kier alpha value is -2.15. The van der Waals surface area contributed by atoms with Crippen LogP contribution < -0.4 is 10.4 Å². The second-order valence-corrected chi connectivity index (χ2v) is 5.65. The fourth-order valence-corrected chi connectivity index (χ4v) is 2.68. The van der Waals surface area contributed by atoms with Gasteiger partial charge >= 0.3 is 0 Å². The molecule has 0 aromatic carbocycles. The topological polar surface area (TPSA) is 85.8 Å². The van der Waals surface area contributed by atoms with E-state index in [-0.39, 0.29) is 11.8 Å². The summed E-state index contributed by atoms with van der Waals surface area (Å²) in [5.74, 6) is 0.765. The molecule has 0 aliphatic carbocycles. The van der Waals surface area contributed by atoms with Gasteiger partial charge in [0.2, 0.25) is 11.8 Å². The smallest absolute Gasteiger partial charge is 0.243 e. The van der Waals surface area contributed by atoms with Crippen LogP contribution in [0.2, 0.25) is 0 Å². The lowest BCUT2D eigenvalue weighted by Gasteiger charge is -2.35. The molecule has 1 aromatic heterocycles. The number of nitrogens with zero attached hydrogens (tertiary/aromatic N) is 3. The molecule has 1 saturated heterocycles. The van der Waals surface area contributed by atoms with Crippen LogP contribution in [0.1, 0.15) is 32.1 Å². The molecule has 0 bridgehead atoms. The minimum absolute atomic E-state index is 0.178. The molecule has 1 aliphatic rings. The summed E-state index contributed by atoms with van der Waals surface area (Å²) in [7, 11) is 0. The molecule has 2 amide bonds. The van der Waals surface area contributed by atoms with Gasteiger partial charge in [0.15, 0.2) is 0 Å². The van der Waals surface area contributed by atoms with Crippen molar-refractivity contribution in [2.45, 2.75) is 32.1 Å². The molecule has 0 atom stereocenters. The van der Waals surface area contributed by atoms with Crippen molar-refractivity contribution < 1.29 is 14.8 Å². The van der Waals surface area contributed by atoms with E-state index < -0.39 is 0 Å². The third kappa shape index (κ3) is 5.52. The number of hydrogen-bond acceptors (Lipinski definition) is 5. The van der Waals surface area contributed by atoms with Crippen molar-refractivity contribution in [1.82, 2.24) is 15.4 Å². The van der Waals surface area contributed by atoms with E-state index in [0.29, 0.717) is 19.3 Å². The van der Waals surface area contributed by atoms with E-state index >= 15 is 0 Å². The third-order valence-corrected chi connectivity index (χ3v) is 4.02. The number of rotatable bonds is 7. The SMILES string of the molecule is O=C(CCCCCC(=O)N1CCN(c2ccccn2)CC1)NO. The Morgan fingerprint density at radius 2 is 1.83 bits per heavy atom. The van der Waals surface area contributed by atoms with Crippen molar-refractivity contribution in [2.24, 2.45) is 0 Å². The molecular weight excluding hydrogens is 296 g/mol. The third-order valence-electron chi connectivity index (χ3n) is 4.02. The summed E-state index contributed by atoms with van der Waals surface area (Å²) in [6.45, 7) is 3.06. The van der Waals surface area contributed by atoms with E-state index in [1.165, 1.54) is 0 Å². The molecule has 2 N–H and O–H groups in total. The summed E-state index contributed by atoms with van der Waals surface area (Å²) in [4.78, 5) is 31.5. The van der Waals surface area contributed by atoms with Crippen LogP contribution in [0.3, 0.4) is 0 Å². The van der Waals surface area contributed by atoms with Gasteiger partial charge in [0.1, 0.15) is 5.82 Å². The normalized spacial score (nSPS) is 14.7. The lowest BCUT2D eigenvalue weighted by molar-refractivity contribution is -0.131. The molecule has 1 fully saturated rings. The highest BCUT2D eigenvalue weighted by atomic mass is 16.5. The van der Waals surface area contributed by atoms with Crippen molar-refractivity contribution in [3.05, 3.63) is 24.4 Å². The summed E-state index contributed by atoms with van der Waals surface area (Å²) < 4.78 is 0. The van der Waals surface area contributed by atoms with E-state index in [4.69, 9.17) is 5.21 Å². The summed E-state index contributed by atoms with van der Waals surface area (Å²) in [6, 6.07) is 5.85. The first-order valence-electron chi connectivity index (χ1n) is 8.07. The van der Waals surface area contributed by atoms with Gasteiger partial charge in [-0.2, -0.15) is 0 Å². The molecule has 23 heavy (non-hydrogen) atoms. The molecule has 0 radical (unpaired) electrons. The number of carbonyl (C=O) groups excluding carboxylic acids is 2. The Morgan fingerprint density at radius 3 is 2.48 bits per heavy atom. The summed E-state index contributed by atoms with van der Waals surface area (Å²) in [5.41, 5.74) is 1.61. The predicted molar refractivity (Wildman–Crippen MR) is 86.0 cm³/mol. The van der Waals surface area contributed by atoms with E-state index in [0.717, 1.165) is 44.8 Å². The number of carbonyl (C=O) groups is 2. The number of hydroxylamine groups is 1. The minimum Gasteiger partial charge on any atom is -0.353 e. The highest BCUT2D eigenvalue weighted by Crippen LogP contribution is 2.14. The zero-order chi connectivity index (χ0) is 16.5. The Labute approximate surface area is 136 Å². The van der Waals surface area contributed by atoms with Gasteiger partial charge in [-0.1, -0.05) is 12.5 Å². The first-order chi connectivity index (χ1) is 11.2. The van der Waals surface area contributed by atoms with E-state index in [9.17, 15) is 9.59 Å². The van der Waals surface area contributed by atoms with Crippen molar-refractivity contribution in [2.75, 3.05) is 31.1 Å². The van der Waals surface area contributed by atoms with Crippen molar-refractivity contribution >= 4 is 17.6 Å². The first-order valence-corrected chi connectivity index (χ1v) is 8.07. The predicted octanol–water partition coefficient (Wildman–Crippen LogP) is 1.19. The number of piperazine rings is 1. The van der Waals surface area contributed by atoms with Crippen LogP contribution in [0.5, 0.6) is 0 Å². The number of nitrogens with one attached hydrogen (secondary N) is 1. The largest absolute Gasteiger partial charge is 0.353 e. The number of unbranched alkanes of at least 4 members (excludes halogenated alkanes) is 2. The quantitative estimate of drug-likeness (QED) is 0.448. The van der Waals surface area contributed by atoms with Crippen molar-refractivity contribution in [1.29, 1.82) is 0 Å². The lowest BCUT2D eigenvalue weighted by Crippen LogP contribution is -2.49. The maximum absolute atomic E-state index is 12.2. The summed E-state index contributed by atoms with van der Waals surface area (Å²) in [5, 5.41) is 8.38. The number of amides is 2. The molecule has 0 saturated carbocycles. The van der Waals surface area contributed by atoms with Crippen molar-refractivity contribution in [3.63, 3.8) is 0 Å². The summed E-state index contributed by atoms with van der Waals surface area (Å²) >= 11 is 0. The van der Waals surface area contributed by atoms with Gasteiger partial charge in [-0.25, -0.2) is 10.5 Å². The monoisotopic (exact) mass is 320 g/mol. The van der Waals surface area contributed by atoms with Gasteiger partial charge in [0.25, 0.3) is 0 Å². The average molecular weight is 320 g/mol. The highest BCUT2D eigenvalue weighted by Gasteiger charge is 2.21. The number of aromatic nitrogens is 1.